The highest BCUT2D eigenvalue weighted by atomic mass is 35.5. The van der Waals surface area contributed by atoms with Gasteiger partial charge in [0.15, 0.2) is 0 Å². The molecule has 6 heteroatoms. The maximum Gasteiger partial charge on any atom is 0.241 e. The fraction of sp³-hybridized carbons (Fsp3) is 0.538. The maximum atomic E-state index is 12.3. The molecule has 0 amide bonds. The first-order valence-electron chi connectivity index (χ1n) is 6.21. The first-order chi connectivity index (χ1) is 8.78. The number of benzene rings is 1. The molecule has 1 aromatic carbocycles. The lowest BCUT2D eigenvalue weighted by molar-refractivity contribution is 0.281. The molecule has 0 bridgehead atoms. The Morgan fingerprint density at radius 2 is 1.89 bits per heavy atom. The van der Waals surface area contributed by atoms with E-state index in [-0.39, 0.29) is 11.5 Å². The van der Waals surface area contributed by atoms with Crippen molar-refractivity contribution in [1.29, 1.82) is 0 Å². The van der Waals surface area contributed by atoms with Gasteiger partial charge in [-0.1, -0.05) is 25.4 Å². The number of hydrogen-bond acceptors (Lipinski definition) is 3. The molecule has 0 spiro atoms. The van der Waals surface area contributed by atoms with E-state index >= 15 is 0 Å². The highest BCUT2D eigenvalue weighted by Crippen LogP contribution is 2.23. The Hall–Kier alpha value is -0.620. The summed E-state index contributed by atoms with van der Waals surface area (Å²) in [5.74, 6) is 0. The van der Waals surface area contributed by atoms with Crippen LogP contribution in [0, 0.1) is 0 Å². The number of hydrogen-bond donors (Lipinski definition) is 2. The highest BCUT2D eigenvalue weighted by molar-refractivity contribution is 7.89. The molecule has 1 aromatic rings. The fourth-order valence-corrected chi connectivity index (χ4v) is 3.39. The van der Waals surface area contributed by atoms with Crippen LogP contribution < -0.4 is 4.72 Å². The van der Waals surface area contributed by atoms with Crippen molar-refractivity contribution in [1.82, 2.24) is 4.72 Å². The average molecular weight is 306 g/mol. The Bertz CT molecular complexity index is 539. The van der Waals surface area contributed by atoms with E-state index in [0.29, 0.717) is 23.4 Å². The molecule has 4 nitrogen and oxygen atoms in total. The van der Waals surface area contributed by atoms with Crippen LogP contribution in [0.5, 0.6) is 0 Å². The SMILES string of the molecule is CCC(C)(CC)NS(=O)(=O)c1ccc(Cl)c(CO)c1. The minimum atomic E-state index is -3.61. The number of halogens is 1. The van der Waals surface area contributed by atoms with Crippen LogP contribution in [-0.2, 0) is 16.6 Å². The van der Waals surface area contributed by atoms with Crippen molar-refractivity contribution in [3.05, 3.63) is 28.8 Å². The van der Waals surface area contributed by atoms with Crippen LogP contribution in [0.1, 0.15) is 39.2 Å². The zero-order valence-corrected chi connectivity index (χ0v) is 13.0. The van der Waals surface area contributed by atoms with Crippen molar-refractivity contribution >= 4 is 21.6 Å². The van der Waals surface area contributed by atoms with E-state index < -0.39 is 15.6 Å². The van der Waals surface area contributed by atoms with Gasteiger partial charge in [-0.3, -0.25) is 0 Å². The molecular weight excluding hydrogens is 286 g/mol. The molecule has 0 saturated carbocycles. The van der Waals surface area contributed by atoms with Crippen LogP contribution >= 0.6 is 11.6 Å². The molecule has 0 heterocycles. The van der Waals surface area contributed by atoms with Gasteiger partial charge in [0.2, 0.25) is 10.0 Å². The number of aliphatic hydroxyl groups excluding tert-OH is 1. The Kier molecular flexibility index (Phi) is 5.38. The maximum absolute atomic E-state index is 12.3. The molecule has 0 atom stereocenters. The Morgan fingerprint density at radius 1 is 1.32 bits per heavy atom. The molecule has 0 aliphatic heterocycles. The van der Waals surface area contributed by atoms with Crippen molar-refractivity contribution in [2.24, 2.45) is 0 Å². The average Bonchev–Trinajstić information content (AvgIpc) is 2.38. The number of aliphatic hydroxyl groups is 1. The molecule has 1 rings (SSSR count). The van der Waals surface area contributed by atoms with Crippen LogP contribution in [0.4, 0.5) is 0 Å². The molecule has 19 heavy (non-hydrogen) atoms. The third-order valence-electron chi connectivity index (χ3n) is 3.44. The molecule has 2 N–H and O–H groups in total. The number of rotatable bonds is 6. The van der Waals surface area contributed by atoms with Crippen molar-refractivity contribution in [2.75, 3.05) is 0 Å². The molecular formula is C13H20ClNO3S. The second kappa shape index (κ2) is 6.22. The monoisotopic (exact) mass is 305 g/mol. The highest BCUT2D eigenvalue weighted by Gasteiger charge is 2.27. The fourth-order valence-electron chi connectivity index (χ4n) is 1.62. The Balaban J connectivity index is 3.14. The first-order valence-corrected chi connectivity index (χ1v) is 8.07. The molecule has 0 saturated heterocycles. The number of nitrogens with one attached hydrogen (secondary N) is 1. The van der Waals surface area contributed by atoms with E-state index in [0.717, 1.165) is 0 Å². The number of sulfonamides is 1. The topological polar surface area (TPSA) is 66.4 Å². The van der Waals surface area contributed by atoms with Crippen LogP contribution in [0.2, 0.25) is 5.02 Å². The molecule has 0 radical (unpaired) electrons. The van der Waals surface area contributed by atoms with Crippen LogP contribution in [0.25, 0.3) is 0 Å². The Labute approximate surface area is 119 Å². The second-order valence-corrected chi connectivity index (χ2v) is 6.87. The van der Waals surface area contributed by atoms with Crippen molar-refractivity contribution in [3.63, 3.8) is 0 Å². The van der Waals surface area contributed by atoms with Gasteiger partial charge in [0, 0.05) is 10.6 Å². The summed E-state index contributed by atoms with van der Waals surface area (Å²) in [7, 11) is -3.61. The molecule has 108 valence electrons. The van der Waals surface area contributed by atoms with E-state index in [9.17, 15) is 8.42 Å². The lowest BCUT2D eigenvalue weighted by Crippen LogP contribution is -2.44. The van der Waals surface area contributed by atoms with Crippen molar-refractivity contribution in [2.45, 2.75) is 50.7 Å². The zero-order chi connectivity index (χ0) is 14.7. The normalized spacial score (nSPS) is 12.7. The van der Waals surface area contributed by atoms with Gasteiger partial charge in [0.05, 0.1) is 11.5 Å². The summed E-state index contributed by atoms with van der Waals surface area (Å²) >= 11 is 5.86. The van der Waals surface area contributed by atoms with Crippen molar-refractivity contribution in [3.8, 4) is 0 Å². The largest absolute Gasteiger partial charge is 0.392 e. The van der Waals surface area contributed by atoms with Crippen LogP contribution in [0.3, 0.4) is 0 Å². The summed E-state index contributed by atoms with van der Waals surface area (Å²) in [6.07, 6.45) is 1.40. The molecule has 0 aliphatic carbocycles. The van der Waals surface area contributed by atoms with Gasteiger partial charge in [-0.05, 0) is 43.5 Å². The van der Waals surface area contributed by atoms with Gasteiger partial charge in [0.25, 0.3) is 0 Å². The third kappa shape index (κ3) is 3.92. The van der Waals surface area contributed by atoms with Gasteiger partial charge >= 0.3 is 0 Å². The van der Waals surface area contributed by atoms with E-state index in [4.69, 9.17) is 16.7 Å². The summed E-state index contributed by atoms with van der Waals surface area (Å²) in [5.41, 5.74) is -0.0723. The summed E-state index contributed by atoms with van der Waals surface area (Å²) in [5, 5.41) is 9.49. The smallest absolute Gasteiger partial charge is 0.241 e. The predicted octanol–water partition coefficient (Wildman–Crippen LogP) is 2.69. The first kappa shape index (κ1) is 16.4. The van der Waals surface area contributed by atoms with Gasteiger partial charge < -0.3 is 5.11 Å². The quantitative estimate of drug-likeness (QED) is 0.849. The summed E-state index contributed by atoms with van der Waals surface area (Å²) in [4.78, 5) is 0.120. The van der Waals surface area contributed by atoms with E-state index in [1.165, 1.54) is 18.2 Å². The van der Waals surface area contributed by atoms with E-state index in [1.807, 2.05) is 20.8 Å². The van der Waals surface area contributed by atoms with E-state index in [1.54, 1.807) is 0 Å². The minimum absolute atomic E-state index is 0.120. The van der Waals surface area contributed by atoms with Crippen LogP contribution in [0.15, 0.2) is 23.1 Å². The molecule has 0 aliphatic rings. The lowest BCUT2D eigenvalue weighted by Gasteiger charge is -2.27. The lowest BCUT2D eigenvalue weighted by atomic mass is 9.98. The molecule has 0 unspecified atom stereocenters. The third-order valence-corrected chi connectivity index (χ3v) is 5.44. The molecule has 0 fully saturated rings. The van der Waals surface area contributed by atoms with Gasteiger partial charge in [0.1, 0.15) is 0 Å². The zero-order valence-electron chi connectivity index (χ0n) is 11.4. The summed E-state index contributed by atoms with van der Waals surface area (Å²) < 4.78 is 27.3. The van der Waals surface area contributed by atoms with Crippen LogP contribution in [-0.4, -0.2) is 19.1 Å². The standard InChI is InChI=1S/C13H20ClNO3S/c1-4-13(3,5-2)15-19(17,18)11-6-7-12(14)10(8-11)9-16/h6-8,15-16H,4-5,9H2,1-3H3. The van der Waals surface area contributed by atoms with Crippen molar-refractivity contribution < 1.29 is 13.5 Å². The summed E-state index contributed by atoms with van der Waals surface area (Å²) in [6.45, 7) is 5.45. The minimum Gasteiger partial charge on any atom is -0.392 e. The molecule has 0 aromatic heterocycles. The van der Waals surface area contributed by atoms with Gasteiger partial charge in [-0.25, -0.2) is 13.1 Å². The predicted molar refractivity (Wildman–Crippen MR) is 76.7 cm³/mol. The van der Waals surface area contributed by atoms with E-state index in [2.05, 4.69) is 4.72 Å². The van der Waals surface area contributed by atoms with Gasteiger partial charge in [-0.2, -0.15) is 0 Å². The Morgan fingerprint density at radius 3 is 2.37 bits per heavy atom. The second-order valence-electron chi connectivity index (χ2n) is 4.78. The van der Waals surface area contributed by atoms with Gasteiger partial charge in [-0.15, -0.1) is 0 Å². The summed E-state index contributed by atoms with van der Waals surface area (Å²) in [6, 6.07) is 4.32.